The molecule has 1 aliphatic carbocycles. The summed E-state index contributed by atoms with van der Waals surface area (Å²) in [6.07, 6.45) is -1.05. The van der Waals surface area contributed by atoms with Gasteiger partial charge in [0.25, 0.3) is 6.43 Å². The molecule has 9 heteroatoms. The topological polar surface area (TPSA) is 68.5 Å². The Bertz CT molecular complexity index is 906. The van der Waals surface area contributed by atoms with E-state index in [0.29, 0.717) is 10.9 Å². The van der Waals surface area contributed by atoms with Gasteiger partial charge in [0.05, 0.1) is 11.1 Å². The molecule has 0 saturated heterocycles. The summed E-state index contributed by atoms with van der Waals surface area (Å²) in [5.41, 5.74) is 3.31. The second kappa shape index (κ2) is 5.52. The van der Waals surface area contributed by atoms with Crippen LogP contribution in [0, 0.1) is 0 Å². The van der Waals surface area contributed by atoms with Crippen LogP contribution < -0.4 is 5.48 Å². The summed E-state index contributed by atoms with van der Waals surface area (Å²) < 4.78 is 26.5. The van der Waals surface area contributed by atoms with Crippen molar-refractivity contribution in [2.75, 3.05) is 0 Å². The van der Waals surface area contributed by atoms with E-state index >= 15 is 0 Å². The van der Waals surface area contributed by atoms with Crippen molar-refractivity contribution in [2.45, 2.75) is 24.7 Å². The second-order valence-electron chi connectivity index (χ2n) is 6.05. The van der Waals surface area contributed by atoms with E-state index in [9.17, 15) is 13.6 Å². The SMILES string of the molecule is Cn1nc(C(=O)ONC2=Nc3cccc(Cl)c3C23CC3)cc1C(F)F. The summed E-state index contributed by atoms with van der Waals surface area (Å²) in [5, 5.41) is 4.36. The van der Waals surface area contributed by atoms with E-state index in [1.807, 2.05) is 6.07 Å². The molecule has 1 saturated carbocycles. The highest BCUT2D eigenvalue weighted by molar-refractivity contribution is 6.32. The maximum Gasteiger partial charge on any atom is 0.383 e. The fraction of sp³-hybridized carbons (Fsp3) is 0.312. The van der Waals surface area contributed by atoms with Gasteiger partial charge in [0.2, 0.25) is 0 Å². The Kier molecular flexibility index (Phi) is 3.54. The minimum absolute atomic E-state index is 0.204. The zero-order chi connectivity index (χ0) is 17.8. The lowest BCUT2D eigenvalue weighted by atomic mass is 9.96. The van der Waals surface area contributed by atoms with Crippen molar-refractivity contribution in [3.63, 3.8) is 0 Å². The number of halogens is 3. The third-order valence-electron chi connectivity index (χ3n) is 4.49. The Morgan fingerprint density at radius 2 is 2.20 bits per heavy atom. The molecule has 1 N–H and O–H groups in total. The zero-order valence-corrected chi connectivity index (χ0v) is 13.8. The first-order valence-corrected chi connectivity index (χ1v) is 7.97. The number of rotatable bonds is 2. The van der Waals surface area contributed by atoms with Gasteiger partial charge in [-0.15, -0.1) is 0 Å². The molecule has 25 heavy (non-hydrogen) atoms. The van der Waals surface area contributed by atoms with Gasteiger partial charge < -0.3 is 4.84 Å². The Morgan fingerprint density at radius 3 is 2.84 bits per heavy atom. The number of aryl methyl sites for hydroxylation is 1. The van der Waals surface area contributed by atoms with Gasteiger partial charge in [-0.3, -0.25) is 4.68 Å². The third-order valence-corrected chi connectivity index (χ3v) is 4.81. The average Bonchev–Trinajstić information content (AvgIpc) is 3.14. The largest absolute Gasteiger partial charge is 0.383 e. The highest BCUT2D eigenvalue weighted by Gasteiger charge is 2.55. The minimum Gasteiger partial charge on any atom is -0.335 e. The molecule has 130 valence electrons. The van der Waals surface area contributed by atoms with Crippen molar-refractivity contribution >= 4 is 29.1 Å². The molecule has 0 atom stereocenters. The summed E-state index contributed by atoms with van der Waals surface area (Å²) >= 11 is 6.28. The number of aliphatic imine (C=N–C) groups is 1. The van der Waals surface area contributed by atoms with Gasteiger partial charge in [0, 0.05) is 23.7 Å². The van der Waals surface area contributed by atoms with Crippen LogP contribution in [0.15, 0.2) is 29.3 Å². The van der Waals surface area contributed by atoms with Gasteiger partial charge in [0.1, 0.15) is 11.5 Å². The molecule has 1 aliphatic heterocycles. The van der Waals surface area contributed by atoms with E-state index in [1.54, 1.807) is 12.1 Å². The second-order valence-corrected chi connectivity index (χ2v) is 6.45. The molecule has 6 nitrogen and oxygen atoms in total. The van der Waals surface area contributed by atoms with E-state index < -0.39 is 12.4 Å². The van der Waals surface area contributed by atoms with Gasteiger partial charge in [-0.25, -0.2) is 24.0 Å². The summed E-state index contributed by atoms with van der Waals surface area (Å²) in [5.74, 6) is -0.364. The van der Waals surface area contributed by atoms with Crippen LogP contribution in [-0.2, 0) is 17.3 Å². The third kappa shape index (κ3) is 2.48. The molecule has 1 aromatic heterocycles. The lowest BCUT2D eigenvalue weighted by Crippen LogP contribution is -2.34. The average molecular weight is 367 g/mol. The predicted octanol–water partition coefficient (Wildman–Crippen LogP) is 3.45. The molecule has 0 unspecified atom stereocenters. The number of carbonyl (C=O) groups is 1. The number of carbonyl (C=O) groups excluding carboxylic acids is 1. The van der Waals surface area contributed by atoms with E-state index in [2.05, 4.69) is 15.6 Å². The van der Waals surface area contributed by atoms with Crippen LogP contribution in [0.4, 0.5) is 14.5 Å². The van der Waals surface area contributed by atoms with Crippen molar-refractivity contribution in [1.82, 2.24) is 15.3 Å². The molecule has 1 fully saturated rings. The molecular weight excluding hydrogens is 354 g/mol. The predicted molar refractivity (Wildman–Crippen MR) is 86.2 cm³/mol. The van der Waals surface area contributed by atoms with Crippen molar-refractivity contribution in [2.24, 2.45) is 12.0 Å². The molecule has 1 aromatic carbocycles. The molecule has 4 rings (SSSR count). The van der Waals surface area contributed by atoms with Crippen molar-refractivity contribution in [1.29, 1.82) is 0 Å². The van der Waals surface area contributed by atoms with Crippen LogP contribution in [0.1, 0.15) is 41.0 Å². The van der Waals surface area contributed by atoms with Crippen LogP contribution in [0.5, 0.6) is 0 Å². The quantitative estimate of drug-likeness (QED) is 0.827. The van der Waals surface area contributed by atoms with Gasteiger partial charge in [-0.05, 0) is 25.0 Å². The first-order chi connectivity index (χ1) is 11.9. The van der Waals surface area contributed by atoms with E-state index in [-0.39, 0.29) is 16.8 Å². The van der Waals surface area contributed by atoms with Gasteiger partial charge >= 0.3 is 5.97 Å². The van der Waals surface area contributed by atoms with E-state index in [1.165, 1.54) is 7.05 Å². The number of fused-ring (bicyclic) bond motifs is 2. The summed E-state index contributed by atoms with van der Waals surface area (Å²) in [6, 6.07) is 6.44. The normalized spacial score (nSPS) is 16.8. The minimum atomic E-state index is -2.72. The maximum absolute atomic E-state index is 12.8. The Morgan fingerprint density at radius 1 is 1.44 bits per heavy atom. The fourth-order valence-corrected chi connectivity index (χ4v) is 3.44. The monoisotopic (exact) mass is 366 g/mol. The maximum atomic E-state index is 12.8. The van der Waals surface area contributed by atoms with Crippen molar-refractivity contribution in [3.05, 3.63) is 46.2 Å². The molecule has 2 heterocycles. The Hall–Kier alpha value is -2.48. The van der Waals surface area contributed by atoms with E-state index in [4.69, 9.17) is 16.4 Å². The summed E-state index contributed by atoms with van der Waals surface area (Å²) in [7, 11) is 1.34. The van der Waals surface area contributed by atoms with Crippen molar-refractivity contribution < 1.29 is 18.4 Å². The lowest BCUT2D eigenvalue weighted by molar-refractivity contribution is 0.0373. The van der Waals surface area contributed by atoms with Gasteiger partial charge in [-0.1, -0.05) is 17.7 Å². The number of alkyl halides is 2. The highest BCUT2D eigenvalue weighted by atomic mass is 35.5. The number of benzene rings is 1. The molecular formula is C16H13ClF2N4O2. The Balaban J connectivity index is 1.50. The molecule has 0 amide bonds. The molecule has 2 aromatic rings. The number of nitrogens with one attached hydrogen (secondary N) is 1. The summed E-state index contributed by atoms with van der Waals surface area (Å²) in [4.78, 5) is 21.5. The van der Waals surface area contributed by atoms with Crippen LogP contribution in [0.3, 0.4) is 0 Å². The van der Waals surface area contributed by atoms with Crippen molar-refractivity contribution in [3.8, 4) is 0 Å². The number of amidine groups is 1. The number of aromatic nitrogens is 2. The van der Waals surface area contributed by atoms with Crippen LogP contribution in [0.25, 0.3) is 0 Å². The number of hydroxylamine groups is 1. The molecule has 0 bridgehead atoms. The van der Waals surface area contributed by atoms with Gasteiger partial charge in [0.15, 0.2) is 5.69 Å². The first kappa shape index (κ1) is 16.0. The lowest BCUT2D eigenvalue weighted by Gasteiger charge is -2.14. The standard InChI is InChI=1S/C16H13ClF2N4O2/c1-23-11(13(18)19)7-10(21-23)14(24)25-22-15-16(5-6-16)12-8(17)3-2-4-9(12)20-15/h2-4,7,13H,5-6H2,1H3,(H,20,22). The van der Waals surface area contributed by atoms with E-state index in [0.717, 1.165) is 34.8 Å². The molecule has 0 radical (unpaired) electrons. The smallest absolute Gasteiger partial charge is 0.335 e. The number of hydrogen-bond donors (Lipinski definition) is 1. The fourth-order valence-electron chi connectivity index (χ4n) is 3.09. The number of nitrogens with zero attached hydrogens (tertiary/aromatic N) is 3. The summed E-state index contributed by atoms with van der Waals surface area (Å²) in [6.45, 7) is 0. The highest BCUT2D eigenvalue weighted by Crippen LogP contribution is 2.57. The van der Waals surface area contributed by atoms with Crippen LogP contribution >= 0.6 is 11.6 Å². The zero-order valence-electron chi connectivity index (χ0n) is 13.1. The number of hydrogen-bond acceptors (Lipinski definition) is 5. The first-order valence-electron chi connectivity index (χ1n) is 7.60. The van der Waals surface area contributed by atoms with Crippen LogP contribution in [-0.4, -0.2) is 21.6 Å². The van der Waals surface area contributed by atoms with Crippen LogP contribution in [0.2, 0.25) is 5.02 Å². The Labute approximate surface area is 146 Å². The van der Waals surface area contributed by atoms with Gasteiger partial charge in [-0.2, -0.15) is 5.10 Å². The molecule has 2 aliphatic rings. The molecule has 1 spiro atoms.